The van der Waals surface area contributed by atoms with Gasteiger partial charge in [-0.2, -0.15) is 0 Å². The minimum atomic E-state index is -0.241. The zero-order valence-electron chi connectivity index (χ0n) is 8.22. The second-order valence-corrected chi connectivity index (χ2v) is 3.96. The van der Waals surface area contributed by atoms with Gasteiger partial charge in [0.25, 0.3) is 0 Å². The minimum Gasteiger partial charge on any atom is -0.294 e. The van der Waals surface area contributed by atoms with Crippen molar-refractivity contribution in [3.05, 3.63) is 35.1 Å². The summed E-state index contributed by atoms with van der Waals surface area (Å²) < 4.78 is 12.9. The molecule has 0 aromatic heterocycles. The fourth-order valence-corrected chi connectivity index (χ4v) is 1.70. The van der Waals surface area contributed by atoms with Crippen molar-refractivity contribution < 1.29 is 9.18 Å². The molecular weight excluding hydrogens is 179 g/mol. The van der Waals surface area contributed by atoms with E-state index in [1.165, 1.54) is 6.07 Å². The van der Waals surface area contributed by atoms with E-state index in [-0.39, 0.29) is 17.5 Å². The Bertz CT molecular complexity index is 367. The van der Waals surface area contributed by atoms with Gasteiger partial charge in [0, 0.05) is 11.5 Å². The Kier molecular flexibility index (Phi) is 2.36. The number of Topliss-reactive ketones (excluding diaryl/α,β-unsaturated/α-hetero) is 1. The Balaban J connectivity index is 2.23. The third-order valence-corrected chi connectivity index (χ3v) is 2.92. The number of halogens is 1. The maximum atomic E-state index is 12.9. The molecule has 0 bridgehead atoms. The van der Waals surface area contributed by atoms with Crippen LogP contribution in [0.3, 0.4) is 0 Å². The molecule has 1 saturated carbocycles. The molecule has 1 fully saturated rings. The van der Waals surface area contributed by atoms with Gasteiger partial charge < -0.3 is 0 Å². The number of benzene rings is 1. The Morgan fingerprint density at radius 2 is 2.14 bits per heavy atom. The van der Waals surface area contributed by atoms with Gasteiger partial charge in [0.15, 0.2) is 5.78 Å². The minimum absolute atomic E-state index is 0.180. The van der Waals surface area contributed by atoms with Crippen LogP contribution in [0.15, 0.2) is 18.2 Å². The first-order chi connectivity index (χ1) is 6.68. The van der Waals surface area contributed by atoms with Crippen LogP contribution in [0.25, 0.3) is 0 Å². The predicted octanol–water partition coefficient (Wildman–Crippen LogP) is 3.12. The number of hydrogen-bond donors (Lipinski definition) is 0. The van der Waals surface area contributed by atoms with Crippen molar-refractivity contribution in [1.29, 1.82) is 0 Å². The fraction of sp³-hybridized carbons (Fsp3) is 0.417. The molecule has 1 nitrogen and oxygen atoms in total. The van der Waals surface area contributed by atoms with Crippen molar-refractivity contribution in [2.24, 2.45) is 5.92 Å². The first kappa shape index (κ1) is 9.38. The van der Waals surface area contributed by atoms with Crippen molar-refractivity contribution in [2.45, 2.75) is 26.2 Å². The lowest BCUT2D eigenvalue weighted by Crippen LogP contribution is -2.22. The van der Waals surface area contributed by atoms with Crippen LogP contribution in [-0.4, -0.2) is 5.78 Å². The number of carbonyl (C=O) groups is 1. The van der Waals surface area contributed by atoms with Gasteiger partial charge in [0.05, 0.1) is 0 Å². The summed E-state index contributed by atoms with van der Waals surface area (Å²) in [6, 6.07) is 4.61. The topological polar surface area (TPSA) is 17.1 Å². The molecule has 0 spiro atoms. The summed E-state index contributed by atoms with van der Waals surface area (Å²) in [4.78, 5) is 11.8. The first-order valence-electron chi connectivity index (χ1n) is 4.99. The predicted molar refractivity (Wildman–Crippen MR) is 52.8 cm³/mol. The van der Waals surface area contributed by atoms with Gasteiger partial charge in [0.1, 0.15) is 5.82 Å². The maximum absolute atomic E-state index is 12.9. The maximum Gasteiger partial charge on any atom is 0.165 e. The van der Waals surface area contributed by atoms with E-state index in [1.54, 1.807) is 19.1 Å². The highest BCUT2D eigenvalue weighted by molar-refractivity contribution is 5.98. The lowest BCUT2D eigenvalue weighted by Gasteiger charge is -2.23. The van der Waals surface area contributed by atoms with E-state index >= 15 is 0 Å². The monoisotopic (exact) mass is 192 g/mol. The second kappa shape index (κ2) is 3.52. The molecule has 0 radical (unpaired) electrons. The largest absolute Gasteiger partial charge is 0.294 e. The van der Waals surface area contributed by atoms with Gasteiger partial charge >= 0.3 is 0 Å². The van der Waals surface area contributed by atoms with Gasteiger partial charge in [-0.15, -0.1) is 0 Å². The van der Waals surface area contributed by atoms with E-state index in [1.807, 2.05) is 0 Å². The Hall–Kier alpha value is -1.18. The smallest absolute Gasteiger partial charge is 0.165 e. The highest BCUT2D eigenvalue weighted by Gasteiger charge is 2.26. The molecule has 1 aromatic rings. The summed E-state index contributed by atoms with van der Waals surface area (Å²) in [7, 11) is 0. The van der Waals surface area contributed by atoms with Gasteiger partial charge in [0.2, 0.25) is 0 Å². The molecule has 0 saturated heterocycles. The Morgan fingerprint density at radius 1 is 1.43 bits per heavy atom. The van der Waals surface area contributed by atoms with Crippen molar-refractivity contribution in [3.63, 3.8) is 0 Å². The molecule has 0 N–H and O–H groups in total. The SMILES string of the molecule is Cc1cc(C(=O)C2CCC2)ccc1F. The van der Waals surface area contributed by atoms with Crippen LogP contribution in [0.4, 0.5) is 4.39 Å². The molecule has 1 aliphatic rings. The molecular formula is C12H13FO. The summed E-state index contributed by atoms with van der Waals surface area (Å²) in [5.74, 6) is 0.134. The van der Waals surface area contributed by atoms with Crippen LogP contribution >= 0.6 is 0 Å². The summed E-state index contributed by atoms with van der Waals surface area (Å²) in [5.41, 5.74) is 1.21. The summed E-state index contributed by atoms with van der Waals surface area (Å²) in [6.45, 7) is 1.69. The van der Waals surface area contributed by atoms with E-state index in [9.17, 15) is 9.18 Å². The average Bonchev–Trinajstić information content (AvgIpc) is 2.06. The van der Waals surface area contributed by atoms with Crippen LogP contribution in [0.5, 0.6) is 0 Å². The van der Waals surface area contributed by atoms with E-state index in [2.05, 4.69) is 0 Å². The van der Waals surface area contributed by atoms with E-state index < -0.39 is 0 Å². The van der Waals surface area contributed by atoms with Crippen LogP contribution in [0.2, 0.25) is 0 Å². The number of ketones is 1. The van der Waals surface area contributed by atoms with Crippen molar-refractivity contribution >= 4 is 5.78 Å². The second-order valence-electron chi connectivity index (χ2n) is 3.96. The number of hydrogen-bond acceptors (Lipinski definition) is 1. The van der Waals surface area contributed by atoms with Gasteiger partial charge in [-0.05, 0) is 43.5 Å². The average molecular weight is 192 g/mol. The van der Waals surface area contributed by atoms with E-state index in [0.717, 1.165) is 19.3 Å². The summed E-state index contributed by atoms with van der Waals surface area (Å²) in [6.07, 6.45) is 3.14. The highest BCUT2D eigenvalue weighted by atomic mass is 19.1. The molecule has 14 heavy (non-hydrogen) atoms. The van der Waals surface area contributed by atoms with Gasteiger partial charge in [-0.1, -0.05) is 6.42 Å². The summed E-state index contributed by atoms with van der Waals surface area (Å²) in [5, 5.41) is 0. The molecule has 0 amide bonds. The Labute approximate surface area is 82.9 Å². The standard InChI is InChI=1S/C12H13FO/c1-8-7-10(5-6-11(8)13)12(14)9-3-2-4-9/h5-7,9H,2-4H2,1H3. The quantitative estimate of drug-likeness (QED) is 0.658. The lowest BCUT2D eigenvalue weighted by atomic mass is 9.80. The number of rotatable bonds is 2. The van der Waals surface area contributed by atoms with Crippen LogP contribution in [0.1, 0.15) is 35.2 Å². The normalized spacial score (nSPS) is 16.4. The third kappa shape index (κ3) is 1.57. The zero-order chi connectivity index (χ0) is 10.1. The van der Waals surface area contributed by atoms with Crippen molar-refractivity contribution in [1.82, 2.24) is 0 Å². The number of carbonyl (C=O) groups excluding carboxylic acids is 1. The summed E-state index contributed by atoms with van der Waals surface area (Å²) >= 11 is 0. The van der Waals surface area contributed by atoms with E-state index in [0.29, 0.717) is 11.1 Å². The molecule has 0 heterocycles. The third-order valence-electron chi connectivity index (χ3n) is 2.92. The molecule has 1 aliphatic carbocycles. The van der Waals surface area contributed by atoms with Crippen LogP contribution in [-0.2, 0) is 0 Å². The van der Waals surface area contributed by atoms with Crippen LogP contribution in [0, 0.1) is 18.7 Å². The fourth-order valence-electron chi connectivity index (χ4n) is 1.70. The molecule has 1 aromatic carbocycles. The molecule has 0 unspecified atom stereocenters. The molecule has 0 aliphatic heterocycles. The molecule has 74 valence electrons. The molecule has 2 rings (SSSR count). The van der Waals surface area contributed by atoms with Crippen molar-refractivity contribution in [2.75, 3.05) is 0 Å². The van der Waals surface area contributed by atoms with Gasteiger partial charge in [-0.25, -0.2) is 4.39 Å². The van der Waals surface area contributed by atoms with Crippen LogP contribution < -0.4 is 0 Å². The first-order valence-corrected chi connectivity index (χ1v) is 4.99. The van der Waals surface area contributed by atoms with Crippen molar-refractivity contribution in [3.8, 4) is 0 Å². The molecule has 0 atom stereocenters. The molecule has 2 heteroatoms. The zero-order valence-corrected chi connectivity index (χ0v) is 8.22. The lowest BCUT2D eigenvalue weighted by molar-refractivity contribution is 0.0855. The van der Waals surface area contributed by atoms with E-state index in [4.69, 9.17) is 0 Å². The highest BCUT2D eigenvalue weighted by Crippen LogP contribution is 2.30. The number of aryl methyl sites for hydroxylation is 1. The van der Waals surface area contributed by atoms with Gasteiger partial charge in [-0.3, -0.25) is 4.79 Å². The Morgan fingerprint density at radius 3 is 2.64 bits per heavy atom.